The predicted octanol–water partition coefficient (Wildman–Crippen LogP) is 2.80. The van der Waals surface area contributed by atoms with Crippen molar-refractivity contribution in [1.82, 2.24) is 15.0 Å². The number of hydrogen-bond donors (Lipinski definition) is 0. The molecule has 1 unspecified atom stereocenters. The van der Waals surface area contributed by atoms with Crippen molar-refractivity contribution >= 4 is 21.7 Å². The number of ether oxygens (including phenoxy) is 1. The fourth-order valence-electron chi connectivity index (χ4n) is 2.62. The minimum atomic E-state index is 0.404. The Morgan fingerprint density at radius 1 is 1.26 bits per heavy atom. The summed E-state index contributed by atoms with van der Waals surface area (Å²) in [5.41, 5.74) is 0.582. The fourth-order valence-corrected chi connectivity index (χ4v) is 2.82. The molecule has 0 N–H and O–H groups in total. The van der Waals surface area contributed by atoms with E-state index in [4.69, 9.17) is 10.00 Å². The van der Waals surface area contributed by atoms with Crippen molar-refractivity contribution in [2.75, 3.05) is 24.6 Å². The Morgan fingerprint density at radius 3 is 2.78 bits per heavy atom. The molecule has 1 fully saturated rings. The molecule has 0 saturated carbocycles. The fraction of sp³-hybridized carbons (Fsp3) is 0.375. The van der Waals surface area contributed by atoms with Crippen LogP contribution in [0, 0.1) is 17.2 Å². The number of pyridine rings is 1. The van der Waals surface area contributed by atoms with E-state index in [0.717, 1.165) is 36.2 Å². The molecule has 3 rings (SSSR count). The van der Waals surface area contributed by atoms with Crippen molar-refractivity contribution in [1.29, 1.82) is 5.26 Å². The predicted molar refractivity (Wildman–Crippen MR) is 89.1 cm³/mol. The highest BCUT2D eigenvalue weighted by Gasteiger charge is 2.21. The normalized spacial score (nSPS) is 17.6. The summed E-state index contributed by atoms with van der Waals surface area (Å²) in [6.07, 6.45) is 7.18. The first kappa shape index (κ1) is 15.7. The molecule has 2 aromatic rings. The Bertz CT molecular complexity index is 683. The van der Waals surface area contributed by atoms with Gasteiger partial charge in [-0.3, -0.25) is 0 Å². The van der Waals surface area contributed by atoms with Gasteiger partial charge in [-0.2, -0.15) is 5.26 Å². The van der Waals surface area contributed by atoms with Gasteiger partial charge in [0.15, 0.2) is 0 Å². The van der Waals surface area contributed by atoms with Crippen molar-refractivity contribution in [3.8, 4) is 12.1 Å². The molecule has 3 heterocycles. The van der Waals surface area contributed by atoms with E-state index in [1.165, 1.54) is 0 Å². The van der Waals surface area contributed by atoms with Crippen molar-refractivity contribution in [2.45, 2.75) is 12.8 Å². The summed E-state index contributed by atoms with van der Waals surface area (Å²) in [7, 11) is 0. The Kier molecular flexibility index (Phi) is 5.03. The molecule has 1 atom stereocenters. The SMILES string of the molecule is N#Cc1ccc(N2CCCC(COc3ncc(Br)cn3)C2)nc1. The van der Waals surface area contributed by atoms with Crippen LogP contribution in [-0.4, -0.2) is 34.6 Å². The van der Waals surface area contributed by atoms with Gasteiger partial charge in [0.2, 0.25) is 0 Å². The quantitative estimate of drug-likeness (QED) is 0.819. The van der Waals surface area contributed by atoms with E-state index in [0.29, 0.717) is 24.1 Å². The molecular formula is C16H16BrN5O. The third-order valence-corrected chi connectivity index (χ3v) is 4.17. The number of nitriles is 1. The number of hydrogen-bond acceptors (Lipinski definition) is 6. The summed E-state index contributed by atoms with van der Waals surface area (Å²) in [5.74, 6) is 1.32. The van der Waals surface area contributed by atoms with Crippen LogP contribution in [0.3, 0.4) is 0 Å². The van der Waals surface area contributed by atoms with Gasteiger partial charge in [0.05, 0.1) is 16.6 Å². The van der Waals surface area contributed by atoms with Crippen LogP contribution in [-0.2, 0) is 0 Å². The van der Waals surface area contributed by atoms with Crippen LogP contribution < -0.4 is 9.64 Å². The standard InChI is InChI=1S/C16H16BrN5O/c17-14-8-20-16(21-9-14)23-11-13-2-1-5-22(10-13)15-4-3-12(6-18)7-19-15/h3-4,7-9,13H,1-2,5,10-11H2. The summed E-state index contributed by atoms with van der Waals surface area (Å²) in [4.78, 5) is 14.8. The molecule has 1 aliphatic heterocycles. The maximum absolute atomic E-state index is 8.84. The molecule has 0 radical (unpaired) electrons. The summed E-state index contributed by atoms with van der Waals surface area (Å²) >= 11 is 3.30. The average molecular weight is 374 g/mol. The van der Waals surface area contributed by atoms with Gasteiger partial charge in [0.25, 0.3) is 0 Å². The van der Waals surface area contributed by atoms with Crippen LogP contribution in [0.25, 0.3) is 0 Å². The lowest BCUT2D eigenvalue weighted by Gasteiger charge is -2.33. The van der Waals surface area contributed by atoms with Gasteiger partial charge in [-0.05, 0) is 40.9 Å². The Balaban J connectivity index is 1.57. The highest BCUT2D eigenvalue weighted by molar-refractivity contribution is 9.10. The van der Waals surface area contributed by atoms with Gasteiger partial charge in [-0.25, -0.2) is 15.0 Å². The number of aromatic nitrogens is 3. The lowest BCUT2D eigenvalue weighted by atomic mass is 9.99. The first-order valence-electron chi connectivity index (χ1n) is 7.46. The first-order chi connectivity index (χ1) is 11.2. The molecule has 6 nitrogen and oxygen atoms in total. The van der Waals surface area contributed by atoms with Crippen molar-refractivity contribution in [2.24, 2.45) is 5.92 Å². The minimum Gasteiger partial charge on any atom is -0.463 e. The van der Waals surface area contributed by atoms with E-state index < -0.39 is 0 Å². The first-order valence-corrected chi connectivity index (χ1v) is 8.25. The van der Waals surface area contributed by atoms with Gasteiger partial charge in [-0.15, -0.1) is 0 Å². The number of halogens is 1. The van der Waals surface area contributed by atoms with E-state index in [2.05, 4.69) is 41.9 Å². The zero-order chi connectivity index (χ0) is 16.1. The monoisotopic (exact) mass is 373 g/mol. The molecule has 7 heteroatoms. The highest BCUT2D eigenvalue weighted by atomic mass is 79.9. The number of anilines is 1. The lowest BCUT2D eigenvalue weighted by molar-refractivity contribution is 0.213. The van der Waals surface area contributed by atoms with Crippen LogP contribution in [0.1, 0.15) is 18.4 Å². The van der Waals surface area contributed by atoms with Gasteiger partial charge in [0.1, 0.15) is 11.9 Å². The van der Waals surface area contributed by atoms with Crippen LogP contribution in [0.2, 0.25) is 0 Å². The molecule has 118 valence electrons. The third-order valence-electron chi connectivity index (χ3n) is 3.76. The van der Waals surface area contributed by atoms with Crippen LogP contribution in [0.15, 0.2) is 35.2 Å². The zero-order valence-corrected chi connectivity index (χ0v) is 14.1. The topological polar surface area (TPSA) is 74.9 Å². The van der Waals surface area contributed by atoms with Crippen molar-refractivity contribution in [3.63, 3.8) is 0 Å². The van der Waals surface area contributed by atoms with E-state index in [9.17, 15) is 0 Å². The van der Waals surface area contributed by atoms with E-state index >= 15 is 0 Å². The molecule has 1 saturated heterocycles. The van der Waals surface area contributed by atoms with Crippen LogP contribution in [0.4, 0.5) is 5.82 Å². The molecule has 0 amide bonds. The van der Waals surface area contributed by atoms with E-state index in [1.54, 1.807) is 24.7 Å². The average Bonchev–Trinajstić information content (AvgIpc) is 2.61. The molecule has 23 heavy (non-hydrogen) atoms. The van der Waals surface area contributed by atoms with Crippen LogP contribution >= 0.6 is 15.9 Å². The summed E-state index contributed by atoms with van der Waals surface area (Å²) in [5, 5.41) is 8.84. The lowest BCUT2D eigenvalue weighted by Crippen LogP contribution is -2.38. The minimum absolute atomic E-state index is 0.404. The summed E-state index contributed by atoms with van der Waals surface area (Å²) in [6, 6.07) is 6.20. The Morgan fingerprint density at radius 2 is 2.09 bits per heavy atom. The highest BCUT2D eigenvalue weighted by Crippen LogP contribution is 2.22. The van der Waals surface area contributed by atoms with E-state index in [1.807, 2.05) is 6.07 Å². The molecule has 2 aromatic heterocycles. The van der Waals surface area contributed by atoms with Crippen molar-refractivity contribution in [3.05, 3.63) is 40.8 Å². The van der Waals surface area contributed by atoms with Gasteiger partial charge in [0, 0.05) is 37.6 Å². The van der Waals surface area contributed by atoms with Crippen molar-refractivity contribution < 1.29 is 4.74 Å². The van der Waals surface area contributed by atoms with E-state index in [-0.39, 0.29) is 0 Å². The Hall–Kier alpha value is -2.20. The zero-order valence-electron chi connectivity index (χ0n) is 12.5. The largest absolute Gasteiger partial charge is 0.463 e. The second kappa shape index (κ2) is 7.38. The second-order valence-electron chi connectivity index (χ2n) is 5.47. The molecule has 0 bridgehead atoms. The van der Waals surface area contributed by atoms with Gasteiger partial charge >= 0.3 is 6.01 Å². The number of piperidine rings is 1. The summed E-state index contributed by atoms with van der Waals surface area (Å²) in [6.45, 7) is 2.45. The third kappa shape index (κ3) is 4.17. The Labute approximate surface area is 143 Å². The van der Waals surface area contributed by atoms with Crippen LogP contribution in [0.5, 0.6) is 6.01 Å². The molecule has 0 spiro atoms. The smallest absolute Gasteiger partial charge is 0.316 e. The number of rotatable bonds is 4. The van der Waals surface area contributed by atoms with Gasteiger partial charge in [-0.1, -0.05) is 0 Å². The second-order valence-corrected chi connectivity index (χ2v) is 6.38. The number of nitrogens with zero attached hydrogens (tertiary/aromatic N) is 5. The van der Waals surface area contributed by atoms with Gasteiger partial charge < -0.3 is 9.64 Å². The maximum atomic E-state index is 8.84. The molecule has 0 aromatic carbocycles. The maximum Gasteiger partial charge on any atom is 0.316 e. The molecule has 1 aliphatic rings. The summed E-state index contributed by atoms with van der Waals surface area (Å²) < 4.78 is 6.52. The molecule has 0 aliphatic carbocycles. The molecular weight excluding hydrogens is 358 g/mol.